The number of rotatable bonds is 6. The molecule has 112 valence electrons. The van der Waals surface area contributed by atoms with Gasteiger partial charge in [-0.1, -0.05) is 49.4 Å². The average Bonchev–Trinajstić information content (AvgIpc) is 2.48. The molecule has 1 N–H and O–H groups in total. The number of hydrogen-bond acceptors (Lipinski definition) is 2. The second kappa shape index (κ2) is 7.20. The fourth-order valence-electron chi connectivity index (χ4n) is 2.10. The highest BCUT2D eigenvalue weighted by molar-refractivity contribution is 9.10. The van der Waals surface area contributed by atoms with Gasteiger partial charge in [0.25, 0.3) is 0 Å². The maximum Gasteiger partial charge on any atom is 0.241 e. The highest BCUT2D eigenvalue weighted by Crippen LogP contribution is 2.22. The Morgan fingerprint density at radius 1 is 1.05 bits per heavy atom. The van der Waals surface area contributed by atoms with Gasteiger partial charge in [-0.2, -0.15) is 0 Å². The molecule has 0 aliphatic carbocycles. The molecule has 21 heavy (non-hydrogen) atoms. The monoisotopic (exact) mass is 367 g/mol. The summed E-state index contributed by atoms with van der Waals surface area (Å²) >= 11 is 3.27. The molecule has 0 fully saturated rings. The van der Waals surface area contributed by atoms with Crippen LogP contribution in [0.25, 0.3) is 0 Å². The van der Waals surface area contributed by atoms with Crippen LogP contribution in [0.5, 0.6) is 0 Å². The quantitative estimate of drug-likeness (QED) is 0.840. The summed E-state index contributed by atoms with van der Waals surface area (Å²) in [4.78, 5) is 0.275. The van der Waals surface area contributed by atoms with Gasteiger partial charge in [0.1, 0.15) is 0 Å². The Labute approximate surface area is 134 Å². The zero-order valence-electron chi connectivity index (χ0n) is 11.8. The van der Waals surface area contributed by atoms with Gasteiger partial charge in [0.05, 0.1) is 4.90 Å². The third-order valence-corrected chi connectivity index (χ3v) is 5.84. The molecule has 2 aromatic carbocycles. The van der Waals surface area contributed by atoms with Crippen LogP contribution in [-0.4, -0.2) is 15.0 Å². The van der Waals surface area contributed by atoms with E-state index < -0.39 is 10.0 Å². The van der Waals surface area contributed by atoms with Crippen molar-refractivity contribution >= 4 is 26.0 Å². The Morgan fingerprint density at radius 3 is 2.33 bits per heavy atom. The van der Waals surface area contributed by atoms with Gasteiger partial charge in [-0.15, -0.1) is 0 Å². The SMILES string of the molecule is CC(CCNS(=O)(=O)c1ccccc1Br)c1ccccc1. The van der Waals surface area contributed by atoms with E-state index in [-0.39, 0.29) is 4.90 Å². The van der Waals surface area contributed by atoms with E-state index in [0.29, 0.717) is 16.9 Å². The third-order valence-electron chi connectivity index (χ3n) is 3.36. The molecule has 3 nitrogen and oxygen atoms in total. The van der Waals surface area contributed by atoms with E-state index in [4.69, 9.17) is 0 Å². The van der Waals surface area contributed by atoms with Crippen molar-refractivity contribution in [3.63, 3.8) is 0 Å². The fourth-order valence-corrected chi connectivity index (χ4v) is 4.15. The van der Waals surface area contributed by atoms with Gasteiger partial charge < -0.3 is 0 Å². The topological polar surface area (TPSA) is 46.2 Å². The molecule has 0 aromatic heterocycles. The molecule has 5 heteroatoms. The van der Waals surface area contributed by atoms with Crippen LogP contribution in [0.1, 0.15) is 24.8 Å². The van der Waals surface area contributed by atoms with Crippen LogP contribution in [0.3, 0.4) is 0 Å². The first kappa shape index (κ1) is 16.2. The van der Waals surface area contributed by atoms with Crippen molar-refractivity contribution in [2.75, 3.05) is 6.54 Å². The number of halogens is 1. The summed E-state index contributed by atoms with van der Waals surface area (Å²) in [5.41, 5.74) is 1.22. The molecule has 0 amide bonds. The van der Waals surface area contributed by atoms with Crippen molar-refractivity contribution in [3.8, 4) is 0 Å². The number of benzene rings is 2. The molecule has 0 spiro atoms. The Hall–Kier alpha value is -1.17. The Morgan fingerprint density at radius 2 is 1.67 bits per heavy atom. The summed E-state index contributed by atoms with van der Waals surface area (Å²) in [5.74, 6) is 0.313. The van der Waals surface area contributed by atoms with Gasteiger partial charge >= 0.3 is 0 Å². The predicted molar refractivity (Wildman–Crippen MR) is 88.8 cm³/mol. The molecule has 2 aromatic rings. The minimum atomic E-state index is -3.47. The minimum Gasteiger partial charge on any atom is -0.211 e. The molecule has 0 saturated heterocycles. The molecule has 0 aliphatic rings. The first-order valence-corrected chi connectivity index (χ1v) is 9.07. The standard InChI is InChI=1S/C16H18BrNO2S/c1-13(14-7-3-2-4-8-14)11-12-18-21(19,20)16-10-6-5-9-15(16)17/h2-10,13,18H,11-12H2,1H3. The second-order valence-corrected chi connectivity index (χ2v) is 7.52. The Balaban J connectivity index is 1.96. The van der Waals surface area contributed by atoms with E-state index in [1.807, 2.05) is 18.2 Å². The maximum absolute atomic E-state index is 12.2. The van der Waals surface area contributed by atoms with Crippen LogP contribution < -0.4 is 4.72 Å². The van der Waals surface area contributed by atoms with E-state index in [9.17, 15) is 8.42 Å². The van der Waals surface area contributed by atoms with Crippen LogP contribution in [0.4, 0.5) is 0 Å². The smallest absolute Gasteiger partial charge is 0.211 e. The van der Waals surface area contributed by atoms with Gasteiger partial charge in [0.2, 0.25) is 10.0 Å². The first-order valence-electron chi connectivity index (χ1n) is 6.80. The largest absolute Gasteiger partial charge is 0.241 e. The summed E-state index contributed by atoms with van der Waals surface area (Å²) < 4.78 is 27.7. The molecule has 0 radical (unpaired) electrons. The molecule has 0 bridgehead atoms. The lowest BCUT2D eigenvalue weighted by Gasteiger charge is -2.13. The molecular weight excluding hydrogens is 350 g/mol. The highest BCUT2D eigenvalue weighted by atomic mass is 79.9. The summed E-state index contributed by atoms with van der Waals surface area (Å²) in [7, 11) is -3.47. The Kier molecular flexibility index (Phi) is 5.56. The van der Waals surface area contributed by atoms with Gasteiger partial charge in [0.15, 0.2) is 0 Å². The summed E-state index contributed by atoms with van der Waals surface area (Å²) in [6.45, 7) is 2.52. The molecule has 1 unspecified atom stereocenters. The van der Waals surface area contributed by atoms with Gasteiger partial charge in [-0.25, -0.2) is 13.1 Å². The van der Waals surface area contributed by atoms with Crippen molar-refractivity contribution in [2.24, 2.45) is 0 Å². The van der Waals surface area contributed by atoms with Crippen LogP contribution in [-0.2, 0) is 10.0 Å². The lowest BCUT2D eigenvalue weighted by Crippen LogP contribution is -2.26. The molecule has 0 aliphatic heterocycles. The Bertz CT molecular complexity index is 686. The van der Waals surface area contributed by atoms with Gasteiger partial charge in [0, 0.05) is 11.0 Å². The number of sulfonamides is 1. The van der Waals surface area contributed by atoms with Crippen molar-refractivity contribution < 1.29 is 8.42 Å². The third kappa shape index (κ3) is 4.40. The van der Waals surface area contributed by atoms with Gasteiger partial charge in [-0.05, 0) is 46.0 Å². The van der Waals surface area contributed by atoms with Gasteiger partial charge in [-0.3, -0.25) is 0 Å². The lowest BCUT2D eigenvalue weighted by molar-refractivity contribution is 0.572. The van der Waals surface area contributed by atoms with E-state index >= 15 is 0 Å². The molecule has 0 heterocycles. The van der Waals surface area contributed by atoms with Crippen LogP contribution in [0.2, 0.25) is 0 Å². The number of hydrogen-bond donors (Lipinski definition) is 1. The normalized spacial score (nSPS) is 13.0. The maximum atomic E-state index is 12.2. The minimum absolute atomic E-state index is 0.275. The molecule has 2 rings (SSSR count). The van der Waals surface area contributed by atoms with Crippen LogP contribution in [0.15, 0.2) is 64.0 Å². The second-order valence-electron chi connectivity index (χ2n) is 4.93. The first-order chi connectivity index (χ1) is 10.0. The van der Waals surface area contributed by atoms with E-state index in [0.717, 1.165) is 6.42 Å². The average molecular weight is 368 g/mol. The van der Waals surface area contributed by atoms with E-state index in [1.54, 1.807) is 24.3 Å². The lowest BCUT2D eigenvalue weighted by atomic mass is 9.98. The van der Waals surface area contributed by atoms with Crippen molar-refractivity contribution in [3.05, 3.63) is 64.6 Å². The van der Waals surface area contributed by atoms with Crippen molar-refractivity contribution in [1.29, 1.82) is 0 Å². The number of nitrogens with one attached hydrogen (secondary N) is 1. The fraction of sp³-hybridized carbons (Fsp3) is 0.250. The van der Waals surface area contributed by atoms with E-state index in [2.05, 4.69) is 39.7 Å². The zero-order chi connectivity index (χ0) is 15.3. The molecule has 0 saturated carbocycles. The predicted octanol–water partition coefficient (Wildman–Crippen LogP) is 3.92. The van der Waals surface area contributed by atoms with Crippen molar-refractivity contribution in [1.82, 2.24) is 4.72 Å². The van der Waals surface area contributed by atoms with Crippen LogP contribution >= 0.6 is 15.9 Å². The van der Waals surface area contributed by atoms with Crippen LogP contribution in [0, 0.1) is 0 Å². The highest BCUT2D eigenvalue weighted by Gasteiger charge is 2.16. The van der Waals surface area contributed by atoms with Crippen molar-refractivity contribution in [2.45, 2.75) is 24.2 Å². The van der Waals surface area contributed by atoms with E-state index in [1.165, 1.54) is 5.56 Å². The summed E-state index contributed by atoms with van der Waals surface area (Å²) in [6.07, 6.45) is 0.758. The molecular formula is C16H18BrNO2S. The summed E-state index contributed by atoms with van der Waals surface area (Å²) in [6, 6.07) is 16.9. The zero-order valence-corrected chi connectivity index (χ0v) is 14.2. The molecule has 1 atom stereocenters. The summed E-state index contributed by atoms with van der Waals surface area (Å²) in [5, 5.41) is 0.